The lowest BCUT2D eigenvalue weighted by Gasteiger charge is -2.22. The second-order valence-corrected chi connectivity index (χ2v) is 6.69. The SMILES string of the molecule is COCCNCC(=O)N1N=C(c2cccs2)CC1c1cccc(O)c1. The lowest BCUT2D eigenvalue weighted by atomic mass is 10.0. The number of ether oxygens (including phenoxy) is 1. The van der Waals surface area contributed by atoms with Gasteiger partial charge in [0.1, 0.15) is 5.75 Å². The molecule has 2 aromatic rings. The zero-order valence-corrected chi connectivity index (χ0v) is 14.8. The molecule has 1 aliphatic rings. The zero-order valence-electron chi connectivity index (χ0n) is 14.0. The molecule has 0 fully saturated rings. The van der Waals surface area contributed by atoms with Crippen molar-refractivity contribution in [2.75, 3.05) is 26.8 Å². The van der Waals surface area contributed by atoms with E-state index in [1.54, 1.807) is 36.6 Å². The highest BCUT2D eigenvalue weighted by atomic mass is 32.1. The van der Waals surface area contributed by atoms with Gasteiger partial charge >= 0.3 is 0 Å². The summed E-state index contributed by atoms with van der Waals surface area (Å²) in [6.07, 6.45) is 0.633. The number of carbonyl (C=O) groups is 1. The first-order chi connectivity index (χ1) is 12.2. The summed E-state index contributed by atoms with van der Waals surface area (Å²) in [6.45, 7) is 1.35. The van der Waals surface area contributed by atoms with Crippen LogP contribution in [0.2, 0.25) is 0 Å². The molecular weight excluding hydrogens is 338 g/mol. The molecule has 0 saturated carbocycles. The molecule has 0 bridgehead atoms. The minimum absolute atomic E-state index is 0.101. The Bertz CT molecular complexity index is 746. The summed E-state index contributed by atoms with van der Waals surface area (Å²) in [5, 5.41) is 21.0. The van der Waals surface area contributed by atoms with Crippen LogP contribution in [0.15, 0.2) is 46.9 Å². The highest BCUT2D eigenvalue weighted by Crippen LogP contribution is 2.34. The van der Waals surface area contributed by atoms with Gasteiger partial charge < -0.3 is 15.2 Å². The van der Waals surface area contributed by atoms with E-state index in [1.165, 1.54) is 5.01 Å². The third-order valence-electron chi connectivity index (χ3n) is 3.99. The standard InChI is InChI=1S/C18H21N3O3S/c1-24-8-7-19-12-18(23)21-16(13-4-2-5-14(22)10-13)11-15(20-21)17-6-3-9-25-17/h2-6,9-10,16,19,22H,7-8,11-12H2,1H3. The molecule has 1 aromatic heterocycles. The predicted molar refractivity (Wildman–Crippen MR) is 97.9 cm³/mol. The molecule has 0 aliphatic carbocycles. The lowest BCUT2D eigenvalue weighted by Crippen LogP contribution is -2.36. The summed E-state index contributed by atoms with van der Waals surface area (Å²) in [6, 6.07) is 10.8. The fourth-order valence-electron chi connectivity index (χ4n) is 2.77. The summed E-state index contributed by atoms with van der Waals surface area (Å²) < 4.78 is 4.98. The van der Waals surface area contributed by atoms with Crippen LogP contribution in [0.1, 0.15) is 22.9 Å². The quantitative estimate of drug-likeness (QED) is 0.745. The van der Waals surface area contributed by atoms with Crippen molar-refractivity contribution in [1.29, 1.82) is 0 Å². The van der Waals surface area contributed by atoms with E-state index in [0.29, 0.717) is 19.6 Å². The Morgan fingerprint density at radius 3 is 3.04 bits per heavy atom. The minimum Gasteiger partial charge on any atom is -0.508 e. The van der Waals surface area contributed by atoms with Crippen molar-refractivity contribution in [3.63, 3.8) is 0 Å². The maximum atomic E-state index is 12.6. The van der Waals surface area contributed by atoms with Crippen molar-refractivity contribution >= 4 is 23.0 Å². The van der Waals surface area contributed by atoms with Gasteiger partial charge in [-0.05, 0) is 29.1 Å². The summed E-state index contributed by atoms with van der Waals surface area (Å²) in [5.74, 6) is 0.0868. The fraction of sp³-hybridized carbons (Fsp3) is 0.333. The summed E-state index contributed by atoms with van der Waals surface area (Å²) in [4.78, 5) is 13.7. The van der Waals surface area contributed by atoms with E-state index in [-0.39, 0.29) is 24.2 Å². The van der Waals surface area contributed by atoms with Gasteiger partial charge in [-0.2, -0.15) is 5.10 Å². The number of carbonyl (C=O) groups excluding carboxylic acids is 1. The zero-order chi connectivity index (χ0) is 17.6. The number of methoxy groups -OCH3 is 1. The van der Waals surface area contributed by atoms with Crippen molar-refractivity contribution in [3.05, 3.63) is 52.2 Å². The second kappa shape index (κ2) is 8.24. The fourth-order valence-corrected chi connectivity index (χ4v) is 3.50. The second-order valence-electron chi connectivity index (χ2n) is 5.75. The van der Waals surface area contributed by atoms with Gasteiger partial charge in [-0.25, -0.2) is 5.01 Å². The number of hydrazone groups is 1. The van der Waals surface area contributed by atoms with Gasteiger partial charge in [-0.15, -0.1) is 11.3 Å². The summed E-state index contributed by atoms with van der Waals surface area (Å²) >= 11 is 1.61. The van der Waals surface area contributed by atoms with E-state index < -0.39 is 0 Å². The van der Waals surface area contributed by atoms with Crippen LogP contribution in [0, 0.1) is 0 Å². The van der Waals surface area contributed by atoms with Crippen LogP contribution in [0.5, 0.6) is 5.75 Å². The molecule has 2 heterocycles. The summed E-state index contributed by atoms with van der Waals surface area (Å²) in [7, 11) is 1.62. The van der Waals surface area contributed by atoms with Crippen LogP contribution in [-0.2, 0) is 9.53 Å². The molecule has 6 nitrogen and oxygen atoms in total. The number of thiophene rings is 1. The van der Waals surface area contributed by atoms with E-state index in [1.807, 2.05) is 23.6 Å². The highest BCUT2D eigenvalue weighted by molar-refractivity contribution is 7.12. The Morgan fingerprint density at radius 2 is 2.32 bits per heavy atom. The van der Waals surface area contributed by atoms with Crippen molar-refractivity contribution in [3.8, 4) is 5.75 Å². The van der Waals surface area contributed by atoms with Gasteiger partial charge in [0.25, 0.3) is 5.91 Å². The number of amides is 1. The number of nitrogens with zero attached hydrogens (tertiary/aromatic N) is 2. The third-order valence-corrected chi connectivity index (χ3v) is 4.90. The van der Waals surface area contributed by atoms with E-state index >= 15 is 0 Å². The number of hydrogen-bond acceptors (Lipinski definition) is 6. The summed E-state index contributed by atoms with van der Waals surface area (Å²) in [5.41, 5.74) is 1.77. The molecule has 1 unspecified atom stereocenters. The van der Waals surface area contributed by atoms with Crippen molar-refractivity contribution in [2.45, 2.75) is 12.5 Å². The first-order valence-electron chi connectivity index (χ1n) is 8.11. The van der Waals surface area contributed by atoms with Gasteiger partial charge in [0, 0.05) is 20.1 Å². The Hall–Kier alpha value is -2.22. The molecule has 1 amide bonds. The molecule has 25 heavy (non-hydrogen) atoms. The molecule has 7 heteroatoms. The molecule has 1 atom stereocenters. The van der Waals surface area contributed by atoms with E-state index in [9.17, 15) is 9.90 Å². The number of benzene rings is 1. The number of aromatic hydroxyl groups is 1. The molecule has 0 saturated heterocycles. The van der Waals surface area contributed by atoms with Gasteiger partial charge in [-0.3, -0.25) is 4.79 Å². The third kappa shape index (κ3) is 4.25. The van der Waals surface area contributed by atoms with Crippen molar-refractivity contribution in [2.24, 2.45) is 5.10 Å². The van der Waals surface area contributed by atoms with Gasteiger partial charge in [0.15, 0.2) is 0 Å². The Labute approximate surface area is 150 Å². The van der Waals surface area contributed by atoms with Crippen LogP contribution in [0.4, 0.5) is 0 Å². The number of nitrogens with one attached hydrogen (secondary N) is 1. The number of rotatable bonds is 7. The minimum atomic E-state index is -0.207. The molecular formula is C18H21N3O3S. The highest BCUT2D eigenvalue weighted by Gasteiger charge is 2.33. The van der Waals surface area contributed by atoms with E-state index in [2.05, 4.69) is 10.4 Å². The van der Waals surface area contributed by atoms with Crippen LogP contribution in [-0.4, -0.2) is 48.5 Å². The average Bonchev–Trinajstić information content (AvgIpc) is 3.27. The first-order valence-corrected chi connectivity index (χ1v) is 8.99. The topological polar surface area (TPSA) is 74.2 Å². The van der Waals surface area contributed by atoms with Crippen LogP contribution in [0.25, 0.3) is 0 Å². The number of phenolic OH excluding ortho intramolecular Hbond substituents is 1. The van der Waals surface area contributed by atoms with Gasteiger partial charge in [0.05, 0.1) is 29.8 Å². The normalized spacial score (nSPS) is 16.9. The van der Waals surface area contributed by atoms with Crippen LogP contribution >= 0.6 is 11.3 Å². The Morgan fingerprint density at radius 1 is 1.44 bits per heavy atom. The number of hydrogen-bond donors (Lipinski definition) is 2. The maximum absolute atomic E-state index is 12.6. The monoisotopic (exact) mass is 359 g/mol. The van der Waals surface area contributed by atoms with Gasteiger partial charge in [0.2, 0.25) is 0 Å². The van der Waals surface area contributed by atoms with Crippen LogP contribution in [0.3, 0.4) is 0 Å². The molecule has 1 aliphatic heterocycles. The van der Waals surface area contributed by atoms with Crippen molar-refractivity contribution in [1.82, 2.24) is 10.3 Å². The molecule has 132 valence electrons. The maximum Gasteiger partial charge on any atom is 0.257 e. The molecule has 3 rings (SSSR count). The largest absolute Gasteiger partial charge is 0.508 e. The first kappa shape index (κ1) is 17.6. The average molecular weight is 359 g/mol. The molecule has 1 aromatic carbocycles. The molecule has 0 radical (unpaired) electrons. The van der Waals surface area contributed by atoms with E-state index in [4.69, 9.17) is 4.74 Å². The van der Waals surface area contributed by atoms with Gasteiger partial charge in [-0.1, -0.05) is 18.2 Å². The smallest absolute Gasteiger partial charge is 0.257 e. The van der Waals surface area contributed by atoms with E-state index in [0.717, 1.165) is 16.2 Å². The van der Waals surface area contributed by atoms with Crippen LogP contribution < -0.4 is 5.32 Å². The lowest BCUT2D eigenvalue weighted by molar-refractivity contribution is -0.132. The molecule has 2 N–H and O–H groups in total. The van der Waals surface area contributed by atoms with Crippen molar-refractivity contribution < 1.29 is 14.6 Å². The predicted octanol–water partition coefficient (Wildman–Crippen LogP) is 2.37. The Kier molecular flexibility index (Phi) is 5.80. The molecule has 0 spiro atoms. The number of phenols is 1. The Balaban J connectivity index is 1.79.